The second kappa shape index (κ2) is 7.05. The van der Waals surface area contributed by atoms with Crippen LogP contribution in [0.2, 0.25) is 0 Å². The Morgan fingerprint density at radius 2 is 1.95 bits per heavy atom. The number of rotatable bonds is 6. The molecule has 0 radical (unpaired) electrons. The Labute approximate surface area is 119 Å². The van der Waals surface area contributed by atoms with Crippen LogP contribution in [0.1, 0.15) is 52.4 Å². The third-order valence-corrected chi connectivity index (χ3v) is 5.13. The van der Waals surface area contributed by atoms with Crippen molar-refractivity contribution in [1.82, 2.24) is 15.1 Å². The van der Waals surface area contributed by atoms with E-state index in [1.54, 1.807) is 0 Å². The van der Waals surface area contributed by atoms with Gasteiger partial charge in [0.1, 0.15) is 0 Å². The van der Waals surface area contributed by atoms with Crippen LogP contribution in [0.25, 0.3) is 0 Å². The molecule has 0 unspecified atom stereocenters. The molecule has 2 aliphatic rings. The average Bonchev–Trinajstić information content (AvgIpc) is 2.82. The normalized spacial score (nSPS) is 23.8. The van der Waals surface area contributed by atoms with Gasteiger partial charge >= 0.3 is 0 Å². The monoisotopic (exact) mass is 267 g/mol. The van der Waals surface area contributed by atoms with Crippen molar-refractivity contribution in [2.45, 2.75) is 64.0 Å². The Balaban J connectivity index is 1.63. The summed E-state index contributed by atoms with van der Waals surface area (Å²) in [6.07, 6.45) is 8.36. The Morgan fingerprint density at radius 3 is 2.63 bits per heavy atom. The zero-order chi connectivity index (χ0) is 13.7. The molecule has 0 atom stereocenters. The van der Waals surface area contributed by atoms with Gasteiger partial charge in [0.25, 0.3) is 0 Å². The zero-order valence-corrected chi connectivity index (χ0v) is 13.2. The molecule has 19 heavy (non-hydrogen) atoms. The van der Waals surface area contributed by atoms with Crippen molar-refractivity contribution in [2.75, 3.05) is 39.8 Å². The van der Waals surface area contributed by atoms with Gasteiger partial charge in [0.15, 0.2) is 0 Å². The SMILES string of the molecule is CC(C)N(C)CCCCN1CCNC2(CCCC2)C1. The summed E-state index contributed by atoms with van der Waals surface area (Å²) in [5.74, 6) is 0. The molecule has 0 bridgehead atoms. The van der Waals surface area contributed by atoms with E-state index in [-0.39, 0.29) is 0 Å². The van der Waals surface area contributed by atoms with Crippen molar-refractivity contribution in [2.24, 2.45) is 0 Å². The predicted molar refractivity (Wildman–Crippen MR) is 82.6 cm³/mol. The highest BCUT2D eigenvalue weighted by Gasteiger charge is 2.37. The summed E-state index contributed by atoms with van der Waals surface area (Å²) in [6, 6.07) is 0.681. The predicted octanol–water partition coefficient (Wildman–Crippen LogP) is 2.32. The molecule has 2 rings (SSSR count). The minimum Gasteiger partial charge on any atom is -0.309 e. The summed E-state index contributed by atoms with van der Waals surface area (Å²) < 4.78 is 0. The first-order chi connectivity index (χ1) is 9.11. The molecule has 1 aliphatic heterocycles. The summed E-state index contributed by atoms with van der Waals surface area (Å²) in [5, 5.41) is 3.80. The van der Waals surface area contributed by atoms with Crippen molar-refractivity contribution >= 4 is 0 Å². The number of hydrogen-bond donors (Lipinski definition) is 1. The number of nitrogens with one attached hydrogen (secondary N) is 1. The molecule has 1 heterocycles. The zero-order valence-electron chi connectivity index (χ0n) is 13.2. The molecule has 1 spiro atoms. The summed E-state index contributed by atoms with van der Waals surface area (Å²) in [4.78, 5) is 5.16. The molecular weight excluding hydrogens is 234 g/mol. The van der Waals surface area contributed by atoms with E-state index in [9.17, 15) is 0 Å². The quantitative estimate of drug-likeness (QED) is 0.745. The lowest BCUT2D eigenvalue weighted by atomic mass is 9.94. The molecule has 1 saturated heterocycles. The molecule has 112 valence electrons. The van der Waals surface area contributed by atoms with Crippen LogP contribution < -0.4 is 5.32 Å². The van der Waals surface area contributed by atoms with Gasteiger partial charge in [-0.1, -0.05) is 12.8 Å². The topological polar surface area (TPSA) is 18.5 Å². The van der Waals surface area contributed by atoms with Crippen LogP contribution in [-0.2, 0) is 0 Å². The van der Waals surface area contributed by atoms with Crippen LogP contribution >= 0.6 is 0 Å². The maximum atomic E-state index is 3.80. The lowest BCUT2D eigenvalue weighted by Crippen LogP contribution is -2.59. The van der Waals surface area contributed by atoms with Crippen molar-refractivity contribution in [1.29, 1.82) is 0 Å². The molecule has 3 nitrogen and oxygen atoms in total. The summed E-state index contributed by atoms with van der Waals surface area (Å²) in [7, 11) is 2.24. The van der Waals surface area contributed by atoms with Gasteiger partial charge in [0.05, 0.1) is 0 Å². The molecule has 0 aromatic carbocycles. The minimum absolute atomic E-state index is 0.493. The molecule has 2 fully saturated rings. The largest absolute Gasteiger partial charge is 0.309 e. The van der Waals surface area contributed by atoms with E-state index < -0.39 is 0 Å². The fourth-order valence-electron chi connectivity index (χ4n) is 3.57. The number of unbranched alkanes of at least 4 members (excludes halogenated alkanes) is 1. The summed E-state index contributed by atoms with van der Waals surface area (Å²) in [6.45, 7) is 10.9. The van der Waals surface area contributed by atoms with Crippen molar-refractivity contribution in [3.05, 3.63) is 0 Å². The third-order valence-electron chi connectivity index (χ3n) is 5.13. The second-order valence-corrected chi connectivity index (χ2v) is 6.97. The maximum Gasteiger partial charge on any atom is 0.0309 e. The minimum atomic E-state index is 0.493. The Morgan fingerprint density at radius 1 is 1.21 bits per heavy atom. The first kappa shape index (κ1) is 15.3. The molecule has 0 aromatic heterocycles. The smallest absolute Gasteiger partial charge is 0.0309 e. The lowest BCUT2D eigenvalue weighted by molar-refractivity contribution is 0.131. The highest BCUT2D eigenvalue weighted by atomic mass is 15.2. The number of piperazine rings is 1. The van der Waals surface area contributed by atoms with Crippen molar-refractivity contribution < 1.29 is 0 Å². The molecule has 1 N–H and O–H groups in total. The standard InChI is InChI=1S/C16H33N3/c1-15(2)18(3)11-6-7-12-19-13-10-17-16(14-19)8-4-5-9-16/h15,17H,4-14H2,1-3H3. The van der Waals surface area contributed by atoms with E-state index in [2.05, 4.69) is 36.0 Å². The van der Waals surface area contributed by atoms with E-state index in [4.69, 9.17) is 0 Å². The van der Waals surface area contributed by atoms with Gasteiger partial charge < -0.3 is 15.1 Å². The third kappa shape index (κ3) is 4.44. The van der Waals surface area contributed by atoms with E-state index >= 15 is 0 Å². The first-order valence-corrected chi connectivity index (χ1v) is 8.29. The van der Waals surface area contributed by atoms with Crippen LogP contribution in [0.4, 0.5) is 0 Å². The molecule has 1 saturated carbocycles. The fraction of sp³-hybridized carbons (Fsp3) is 1.00. The highest BCUT2D eigenvalue weighted by Crippen LogP contribution is 2.31. The van der Waals surface area contributed by atoms with Crippen LogP contribution in [0.5, 0.6) is 0 Å². The van der Waals surface area contributed by atoms with Gasteiger partial charge in [-0.25, -0.2) is 0 Å². The van der Waals surface area contributed by atoms with Gasteiger partial charge in [0.2, 0.25) is 0 Å². The summed E-state index contributed by atoms with van der Waals surface area (Å²) >= 11 is 0. The second-order valence-electron chi connectivity index (χ2n) is 6.97. The molecule has 3 heteroatoms. The molecule has 0 amide bonds. The molecular formula is C16H33N3. The average molecular weight is 267 g/mol. The van der Waals surface area contributed by atoms with Crippen LogP contribution in [0.15, 0.2) is 0 Å². The van der Waals surface area contributed by atoms with Crippen LogP contribution in [0, 0.1) is 0 Å². The van der Waals surface area contributed by atoms with Gasteiger partial charge in [-0.15, -0.1) is 0 Å². The number of nitrogens with zero attached hydrogens (tertiary/aromatic N) is 2. The first-order valence-electron chi connectivity index (χ1n) is 8.29. The van der Waals surface area contributed by atoms with E-state index in [1.807, 2.05) is 0 Å². The van der Waals surface area contributed by atoms with Gasteiger partial charge in [-0.2, -0.15) is 0 Å². The lowest BCUT2D eigenvalue weighted by Gasteiger charge is -2.41. The van der Waals surface area contributed by atoms with Gasteiger partial charge in [-0.05, 0) is 59.7 Å². The van der Waals surface area contributed by atoms with Crippen LogP contribution in [-0.4, -0.2) is 61.2 Å². The maximum absolute atomic E-state index is 3.80. The Hall–Kier alpha value is -0.120. The Bertz CT molecular complexity index is 259. The van der Waals surface area contributed by atoms with Crippen LogP contribution in [0.3, 0.4) is 0 Å². The van der Waals surface area contributed by atoms with Gasteiger partial charge in [0, 0.05) is 31.2 Å². The van der Waals surface area contributed by atoms with Crippen molar-refractivity contribution in [3.63, 3.8) is 0 Å². The Kier molecular flexibility index (Phi) is 5.67. The van der Waals surface area contributed by atoms with E-state index in [1.165, 1.54) is 71.2 Å². The van der Waals surface area contributed by atoms with Crippen molar-refractivity contribution in [3.8, 4) is 0 Å². The van der Waals surface area contributed by atoms with Gasteiger partial charge in [-0.3, -0.25) is 0 Å². The molecule has 0 aromatic rings. The van der Waals surface area contributed by atoms with E-state index in [0.717, 1.165) is 0 Å². The highest BCUT2D eigenvalue weighted by molar-refractivity contribution is 4.98. The fourth-order valence-corrected chi connectivity index (χ4v) is 3.57. The van der Waals surface area contributed by atoms with E-state index in [0.29, 0.717) is 11.6 Å². The molecule has 1 aliphatic carbocycles. The number of hydrogen-bond acceptors (Lipinski definition) is 3. The summed E-state index contributed by atoms with van der Waals surface area (Å²) in [5.41, 5.74) is 0.493.